The molecule has 4 heteroatoms. The Bertz CT molecular complexity index is 941. The van der Waals surface area contributed by atoms with Crippen LogP contribution in [0.25, 0.3) is 6.08 Å². The number of piperidine rings is 1. The fourth-order valence-corrected chi connectivity index (χ4v) is 4.17. The zero-order valence-electron chi connectivity index (χ0n) is 18.4. The summed E-state index contributed by atoms with van der Waals surface area (Å²) in [7, 11) is 0. The van der Waals surface area contributed by atoms with Crippen LogP contribution in [0.5, 0.6) is 0 Å². The number of amides is 2. The zero-order chi connectivity index (χ0) is 22.0. The van der Waals surface area contributed by atoms with Gasteiger partial charge in [0, 0.05) is 25.7 Å². The number of hydrogen-bond donors (Lipinski definition) is 2. The van der Waals surface area contributed by atoms with Crippen LogP contribution in [0.4, 0.5) is 4.79 Å². The van der Waals surface area contributed by atoms with Crippen LogP contribution in [0, 0.1) is 0 Å². The van der Waals surface area contributed by atoms with Crippen molar-refractivity contribution >= 4 is 12.1 Å². The first-order valence-electron chi connectivity index (χ1n) is 11.4. The van der Waals surface area contributed by atoms with Gasteiger partial charge in [0.2, 0.25) is 0 Å². The second kappa shape index (κ2) is 11.3. The second-order valence-corrected chi connectivity index (χ2v) is 8.26. The number of benzene rings is 3. The molecule has 0 unspecified atom stereocenters. The Morgan fingerprint density at radius 1 is 0.844 bits per heavy atom. The Morgan fingerprint density at radius 2 is 1.38 bits per heavy atom. The lowest BCUT2D eigenvalue weighted by molar-refractivity contribution is 0.203. The quantitative estimate of drug-likeness (QED) is 0.543. The number of rotatable bonds is 7. The maximum atomic E-state index is 12.8. The van der Waals surface area contributed by atoms with Crippen molar-refractivity contribution in [3.63, 3.8) is 0 Å². The Hall–Kier alpha value is -3.37. The van der Waals surface area contributed by atoms with Gasteiger partial charge in [-0.1, -0.05) is 103 Å². The molecule has 0 saturated carbocycles. The van der Waals surface area contributed by atoms with Crippen LogP contribution in [0.1, 0.15) is 35.6 Å². The first-order valence-corrected chi connectivity index (χ1v) is 11.4. The molecule has 0 radical (unpaired) electrons. The van der Waals surface area contributed by atoms with Gasteiger partial charge in [-0.2, -0.15) is 0 Å². The Labute approximate surface area is 191 Å². The van der Waals surface area contributed by atoms with Crippen molar-refractivity contribution < 1.29 is 4.79 Å². The summed E-state index contributed by atoms with van der Waals surface area (Å²) in [6.07, 6.45) is 6.33. The van der Waals surface area contributed by atoms with Gasteiger partial charge in [0.05, 0.1) is 6.04 Å². The lowest BCUT2D eigenvalue weighted by atomic mass is 9.99. The van der Waals surface area contributed by atoms with Crippen LogP contribution in [0.15, 0.2) is 97.1 Å². The van der Waals surface area contributed by atoms with Gasteiger partial charge in [-0.15, -0.1) is 0 Å². The van der Waals surface area contributed by atoms with Crippen LogP contribution in [-0.4, -0.2) is 36.6 Å². The highest BCUT2D eigenvalue weighted by Crippen LogP contribution is 2.21. The minimum absolute atomic E-state index is 0.106. The number of likely N-dealkylation sites (tertiary alicyclic amines) is 1. The third-order valence-corrected chi connectivity index (χ3v) is 5.94. The average molecular weight is 426 g/mol. The van der Waals surface area contributed by atoms with Crippen molar-refractivity contribution in [3.8, 4) is 0 Å². The van der Waals surface area contributed by atoms with Gasteiger partial charge in [0.15, 0.2) is 0 Å². The van der Waals surface area contributed by atoms with E-state index in [1.54, 1.807) is 0 Å². The number of nitrogens with one attached hydrogen (secondary N) is 2. The molecule has 32 heavy (non-hydrogen) atoms. The second-order valence-electron chi connectivity index (χ2n) is 8.26. The third-order valence-electron chi connectivity index (χ3n) is 5.94. The van der Waals surface area contributed by atoms with E-state index in [0.29, 0.717) is 0 Å². The first kappa shape index (κ1) is 21.8. The van der Waals surface area contributed by atoms with E-state index < -0.39 is 0 Å². The molecule has 1 heterocycles. The summed E-state index contributed by atoms with van der Waals surface area (Å²) in [5, 5.41) is 6.38. The molecular formula is C28H31N3O. The molecule has 0 spiro atoms. The molecular weight excluding hydrogens is 394 g/mol. The van der Waals surface area contributed by atoms with E-state index in [4.69, 9.17) is 0 Å². The number of carbonyl (C=O) groups excluding carboxylic acids is 1. The van der Waals surface area contributed by atoms with Gasteiger partial charge in [0.25, 0.3) is 0 Å². The molecule has 4 nitrogen and oxygen atoms in total. The van der Waals surface area contributed by atoms with E-state index in [2.05, 4.69) is 76.2 Å². The fraction of sp³-hybridized carbons (Fsp3) is 0.250. The van der Waals surface area contributed by atoms with Crippen LogP contribution < -0.4 is 10.6 Å². The SMILES string of the molecule is O=C(NC1CCN(C/C=C/c2ccccc2)CC1)NC(c1ccccc1)c1ccccc1. The highest BCUT2D eigenvalue weighted by atomic mass is 16.2. The number of carbonyl (C=O) groups is 1. The Morgan fingerprint density at radius 3 is 1.94 bits per heavy atom. The summed E-state index contributed by atoms with van der Waals surface area (Å²) in [6, 6.07) is 30.5. The summed E-state index contributed by atoms with van der Waals surface area (Å²) in [6.45, 7) is 2.92. The Balaban J connectivity index is 1.27. The molecule has 1 aliphatic heterocycles. The maximum Gasteiger partial charge on any atom is 0.315 e. The molecule has 2 amide bonds. The summed E-state index contributed by atoms with van der Waals surface area (Å²) < 4.78 is 0. The van der Waals surface area contributed by atoms with Crippen molar-refractivity contribution in [3.05, 3.63) is 114 Å². The lowest BCUT2D eigenvalue weighted by Gasteiger charge is -2.32. The number of nitrogens with zero attached hydrogens (tertiary/aromatic N) is 1. The van der Waals surface area contributed by atoms with Crippen molar-refractivity contribution in [2.75, 3.05) is 19.6 Å². The van der Waals surface area contributed by atoms with E-state index in [1.807, 2.05) is 42.5 Å². The maximum absolute atomic E-state index is 12.8. The van der Waals surface area contributed by atoms with E-state index in [9.17, 15) is 4.79 Å². The van der Waals surface area contributed by atoms with E-state index in [-0.39, 0.29) is 18.1 Å². The molecule has 2 N–H and O–H groups in total. The minimum atomic E-state index is -0.166. The predicted octanol–water partition coefficient (Wildman–Crippen LogP) is 5.25. The minimum Gasteiger partial charge on any atom is -0.335 e. The van der Waals surface area contributed by atoms with Crippen LogP contribution in [-0.2, 0) is 0 Å². The molecule has 1 fully saturated rings. The molecule has 4 rings (SSSR count). The van der Waals surface area contributed by atoms with Crippen molar-refractivity contribution in [2.24, 2.45) is 0 Å². The summed E-state index contributed by atoms with van der Waals surface area (Å²) >= 11 is 0. The third kappa shape index (κ3) is 6.32. The molecule has 0 aromatic heterocycles. The number of urea groups is 1. The largest absolute Gasteiger partial charge is 0.335 e. The lowest BCUT2D eigenvalue weighted by Crippen LogP contribution is -2.48. The number of hydrogen-bond acceptors (Lipinski definition) is 2. The summed E-state index contributed by atoms with van der Waals surface area (Å²) in [5.41, 5.74) is 3.38. The molecule has 1 saturated heterocycles. The van der Waals surface area contributed by atoms with E-state index >= 15 is 0 Å². The van der Waals surface area contributed by atoms with Crippen molar-refractivity contribution in [2.45, 2.75) is 24.9 Å². The highest BCUT2D eigenvalue weighted by Gasteiger charge is 2.22. The smallest absolute Gasteiger partial charge is 0.315 e. The fourth-order valence-electron chi connectivity index (χ4n) is 4.17. The van der Waals surface area contributed by atoms with Gasteiger partial charge in [-0.25, -0.2) is 4.79 Å². The molecule has 0 aliphatic carbocycles. The van der Waals surface area contributed by atoms with Crippen LogP contribution >= 0.6 is 0 Å². The standard InChI is InChI=1S/C28H31N3O/c32-28(30-27(24-14-6-2-7-15-24)25-16-8-3-9-17-25)29-26-18-21-31(22-19-26)20-10-13-23-11-4-1-5-12-23/h1-17,26-27H,18-22H2,(H2,29,30,32)/b13-10+. The molecule has 0 bridgehead atoms. The topological polar surface area (TPSA) is 44.4 Å². The van der Waals surface area contributed by atoms with Gasteiger partial charge < -0.3 is 10.6 Å². The van der Waals surface area contributed by atoms with Gasteiger partial charge in [-0.05, 0) is 29.5 Å². The average Bonchev–Trinajstić information content (AvgIpc) is 2.85. The zero-order valence-corrected chi connectivity index (χ0v) is 18.4. The van der Waals surface area contributed by atoms with Crippen LogP contribution in [0.3, 0.4) is 0 Å². The van der Waals surface area contributed by atoms with Crippen molar-refractivity contribution in [1.82, 2.24) is 15.5 Å². The normalized spacial score (nSPS) is 15.2. The van der Waals surface area contributed by atoms with E-state index in [1.165, 1.54) is 5.56 Å². The summed E-state index contributed by atoms with van der Waals surface area (Å²) in [5.74, 6) is 0. The highest BCUT2D eigenvalue weighted by molar-refractivity contribution is 5.75. The summed E-state index contributed by atoms with van der Waals surface area (Å²) in [4.78, 5) is 15.3. The molecule has 3 aromatic carbocycles. The van der Waals surface area contributed by atoms with E-state index in [0.717, 1.165) is 43.6 Å². The van der Waals surface area contributed by atoms with Gasteiger partial charge in [-0.3, -0.25) is 4.90 Å². The molecule has 3 aromatic rings. The molecule has 1 aliphatic rings. The predicted molar refractivity (Wildman–Crippen MR) is 131 cm³/mol. The Kier molecular flexibility index (Phi) is 7.72. The molecule has 164 valence electrons. The first-order chi connectivity index (χ1) is 15.8. The molecule has 0 atom stereocenters. The van der Waals surface area contributed by atoms with Gasteiger partial charge >= 0.3 is 6.03 Å². The van der Waals surface area contributed by atoms with Crippen molar-refractivity contribution in [1.29, 1.82) is 0 Å². The van der Waals surface area contributed by atoms with Crippen LogP contribution in [0.2, 0.25) is 0 Å². The van der Waals surface area contributed by atoms with Gasteiger partial charge in [0.1, 0.15) is 0 Å². The monoisotopic (exact) mass is 425 g/mol.